The van der Waals surface area contributed by atoms with Gasteiger partial charge in [-0.05, 0) is 35.0 Å². The largest absolute Gasteiger partial charge is 0.323 e. The molecule has 1 unspecified atom stereocenters. The molecule has 0 saturated carbocycles. The molecule has 2 nitrogen and oxygen atoms in total. The molecule has 2 aromatic rings. The third-order valence-corrected chi connectivity index (χ3v) is 4.11. The lowest BCUT2D eigenvalue weighted by Gasteiger charge is -2.13. The highest BCUT2D eigenvalue weighted by atomic mass is 79.9. The maximum absolute atomic E-state index is 13.8. The molecule has 0 radical (unpaired) electrons. The average molecular weight is 333 g/mol. The molecule has 2 N–H and O–H groups in total. The van der Waals surface area contributed by atoms with Crippen molar-refractivity contribution in [2.45, 2.75) is 19.4 Å². The highest BCUT2D eigenvalue weighted by Gasteiger charge is 2.20. The summed E-state index contributed by atoms with van der Waals surface area (Å²) in [6.07, 6.45) is 0.322. The standard InChI is InChI=1S/C12H11BrF2N2S/c1-6-5-18-10(17-6)4-9(16)11-8(14)3-2-7(13)12(11)15/h2-3,5,9H,4,16H2,1H3. The van der Waals surface area contributed by atoms with Crippen LogP contribution in [-0.4, -0.2) is 4.98 Å². The fourth-order valence-corrected chi connectivity index (χ4v) is 2.85. The smallest absolute Gasteiger partial charge is 0.145 e. The Morgan fingerprint density at radius 3 is 2.78 bits per heavy atom. The van der Waals surface area contributed by atoms with E-state index in [4.69, 9.17) is 5.73 Å². The minimum absolute atomic E-state index is 0.0998. The summed E-state index contributed by atoms with van der Waals surface area (Å²) in [5, 5.41) is 2.66. The van der Waals surface area contributed by atoms with Gasteiger partial charge in [-0.1, -0.05) is 0 Å². The SMILES string of the molecule is Cc1csc(CC(N)c2c(F)ccc(Br)c2F)n1. The predicted octanol–water partition coefficient (Wildman–Crippen LogP) is 3.73. The fourth-order valence-electron chi connectivity index (χ4n) is 1.67. The summed E-state index contributed by atoms with van der Waals surface area (Å²) in [5.74, 6) is -1.27. The quantitative estimate of drug-likeness (QED) is 0.869. The van der Waals surface area contributed by atoms with E-state index >= 15 is 0 Å². The Hall–Kier alpha value is -0.850. The number of aryl methyl sites for hydroxylation is 1. The van der Waals surface area contributed by atoms with Gasteiger partial charge in [0.2, 0.25) is 0 Å². The molecular formula is C12H11BrF2N2S. The van der Waals surface area contributed by atoms with Crippen LogP contribution in [0.4, 0.5) is 8.78 Å². The molecular weight excluding hydrogens is 322 g/mol. The second-order valence-corrected chi connectivity index (χ2v) is 5.75. The van der Waals surface area contributed by atoms with Crippen molar-refractivity contribution in [1.29, 1.82) is 0 Å². The molecule has 0 amide bonds. The molecule has 0 spiro atoms. The summed E-state index contributed by atoms with van der Waals surface area (Å²) in [4.78, 5) is 4.24. The minimum Gasteiger partial charge on any atom is -0.323 e. The minimum atomic E-state index is -0.743. The van der Waals surface area contributed by atoms with Crippen molar-refractivity contribution in [3.05, 3.63) is 49.9 Å². The van der Waals surface area contributed by atoms with Crippen LogP contribution in [0.25, 0.3) is 0 Å². The zero-order valence-electron chi connectivity index (χ0n) is 9.58. The number of thiazole rings is 1. The molecule has 1 aromatic heterocycles. The Morgan fingerprint density at radius 1 is 1.44 bits per heavy atom. The van der Waals surface area contributed by atoms with E-state index < -0.39 is 17.7 Å². The van der Waals surface area contributed by atoms with Gasteiger partial charge in [-0.3, -0.25) is 0 Å². The number of hydrogen-bond acceptors (Lipinski definition) is 3. The summed E-state index contributed by atoms with van der Waals surface area (Å²) in [6.45, 7) is 1.87. The van der Waals surface area contributed by atoms with Gasteiger partial charge in [0.1, 0.15) is 11.6 Å². The lowest BCUT2D eigenvalue weighted by Crippen LogP contribution is -2.17. The molecule has 96 valence electrons. The first-order chi connectivity index (χ1) is 8.49. The number of benzene rings is 1. The lowest BCUT2D eigenvalue weighted by atomic mass is 10.0. The molecule has 2 rings (SSSR count). The van der Waals surface area contributed by atoms with Crippen molar-refractivity contribution in [1.82, 2.24) is 4.98 Å². The van der Waals surface area contributed by atoms with Crippen molar-refractivity contribution < 1.29 is 8.78 Å². The van der Waals surface area contributed by atoms with Gasteiger partial charge in [-0.25, -0.2) is 13.8 Å². The van der Waals surface area contributed by atoms with Crippen LogP contribution in [-0.2, 0) is 6.42 Å². The van der Waals surface area contributed by atoms with Crippen molar-refractivity contribution in [3.63, 3.8) is 0 Å². The van der Waals surface area contributed by atoms with Crippen molar-refractivity contribution in [2.24, 2.45) is 5.73 Å². The van der Waals surface area contributed by atoms with E-state index in [2.05, 4.69) is 20.9 Å². The van der Waals surface area contributed by atoms with Gasteiger partial charge in [0, 0.05) is 29.1 Å². The van der Waals surface area contributed by atoms with E-state index in [-0.39, 0.29) is 10.0 Å². The van der Waals surface area contributed by atoms with Crippen LogP contribution in [0.3, 0.4) is 0 Å². The monoisotopic (exact) mass is 332 g/mol. The van der Waals surface area contributed by atoms with Crippen LogP contribution in [0, 0.1) is 18.6 Å². The molecule has 0 saturated heterocycles. The maximum Gasteiger partial charge on any atom is 0.145 e. The third kappa shape index (κ3) is 2.76. The Labute approximate surface area is 116 Å². The van der Waals surface area contributed by atoms with Crippen LogP contribution in [0.15, 0.2) is 22.0 Å². The number of aromatic nitrogens is 1. The van der Waals surface area contributed by atoms with E-state index in [9.17, 15) is 8.78 Å². The van der Waals surface area contributed by atoms with Gasteiger partial charge in [-0.15, -0.1) is 11.3 Å². The number of nitrogens with two attached hydrogens (primary N) is 1. The molecule has 1 aromatic carbocycles. The fraction of sp³-hybridized carbons (Fsp3) is 0.250. The molecule has 6 heteroatoms. The van der Waals surface area contributed by atoms with Gasteiger partial charge in [0.25, 0.3) is 0 Å². The van der Waals surface area contributed by atoms with Gasteiger partial charge in [0.05, 0.1) is 9.48 Å². The van der Waals surface area contributed by atoms with Crippen molar-refractivity contribution in [3.8, 4) is 0 Å². The van der Waals surface area contributed by atoms with Crippen LogP contribution in [0.1, 0.15) is 22.3 Å². The van der Waals surface area contributed by atoms with Gasteiger partial charge in [-0.2, -0.15) is 0 Å². The molecule has 1 heterocycles. The topological polar surface area (TPSA) is 38.9 Å². The first-order valence-electron chi connectivity index (χ1n) is 5.29. The maximum atomic E-state index is 13.8. The first-order valence-corrected chi connectivity index (χ1v) is 6.96. The number of halogens is 3. The Morgan fingerprint density at radius 2 is 2.17 bits per heavy atom. The summed E-state index contributed by atoms with van der Waals surface area (Å²) in [6, 6.07) is 1.79. The Kier molecular flexibility index (Phi) is 4.09. The second-order valence-electron chi connectivity index (χ2n) is 3.95. The van der Waals surface area contributed by atoms with Crippen molar-refractivity contribution in [2.75, 3.05) is 0 Å². The lowest BCUT2D eigenvalue weighted by molar-refractivity contribution is 0.520. The van der Waals surface area contributed by atoms with Crippen LogP contribution in [0.2, 0.25) is 0 Å². The van der Waals surface area contributed by atoms with Gasteiger partial charge >= 0.3 is 0 Å². The third-order valence-electron chi connectivity index (χ3n) is 2.51. The summed E-state index contributed by atoms with van der Waals surface area (Å²) in [5.41, 5.74) is 6.66. The molecule has 0 aliphatic carbocycles. The molecule has 1 atom stereocenters. The molecule has 0 bridgehead atoms. The number of nitrogens with zero attached hydrogens (tertiary/aromatic N) is 1. The van der Waals surface area contributed by atoms with Crippen LogP contribution >= 0.6 is 27.3 Å². The molecule has 0 aliphatic heterocycles. The summed E-state index contributed by atoms with van der Waals surface area (Å²) >= 11 is 4.47. The van der Waals surface area contributed by atoms with Gasteiger partial charge < -0.3 is 5.73 Å². The molecule has 0 fully saturated rings. The highest BCUT2D eigenvalue weighted by molar-refractivity contribution is 9.10. The normalized spacial score (nSPS) is 12.7. The van der Waals surface area contributed by atoms with E-state index in [0.29, 0.717) is 6.42 Å². The Balaban J connectivity index is 2.28. The van der Waals surface area contributed by atoms with E-state index in [0.717, 1.165) is 10.7 Å². The van der Waals surface area contributed by atoms with E-state index in [1.54, 1.807) is 0 Å². The van der Waals surface area contributed by atoms with E-state index in [1.165, 1.54) is 23.5 Å². The molecule has 18 heavy (non-hydrogen) atoms. The van der Waals surface area contributed by atoms with Crippen molar-refractivity contribution >= 4 is 27.3 Å². The summed E-state index contributed by atoms with van der Waals surface area (Å²) in [7, 11) is 0. The van der Waals surface area contributed by atoms with Gasteiger partial charge in [0.15, 0.2) is 0 Å². The molecule has 0 aliphatic rings. The predicted molar refractivity (Wildman–Crippen MR) is 71.5 cm³/mol. The number of hydrogen-bond donors (Lipinski definition) is 1. The average Bonchev–Trinajstić information content (AvgIpc) is 2.70. The Bertz CT molecular complexity index is 571. The van der Waals surface area contributed by atoms with E-state index in [1.807, 2.05) is 12.3 Å². The van der Waals surface area contributed by atoms with Crippen LogP contribution in [0.5, 0.6) is 0 Å². The summed E-state index contributed by atoms with van der Waals surface area (Å²) < 4.78 is 27.7. The second kappa shape index (κ2) is 5.42. The zero-order valence-corrected chi connectivity index (χ0v) is 12.0. The number of rotatable bonds is 3. The van der Waals surface area contributed by atoms with Crippen LogP contribution < -0.4 is 5.73 Å². The first kappa shape index (κ1) is 13.6. The highest BCUT2D eigenvalue weighted by Crippen LogP contribution is 2.28. The zero-order chi connectivity index (χ0) is 13.3.